The van der Waals surface area contributed by atoms with Crippen molar-refractivity contribution in [3.8, 4) is 5.75 Å². The molecule has 0 fully saturated rings. The number of aryl methyl sites for hydroxylation is 2. The molecule has 0 atom stereocenters. The summed E-state index contributed by atoms with van der Waals surface area (Å²) in [6.45, 7) is 5.08. The monoisotopic (exact) mass is 282 g/mol. The van der Waals surface area contributed by atoms with Gasteiger partial charge in [-0.25, -0.2) is 0 Å². The minimum Gasteiger partial charge on any atom is -0.491 e. The van der Waals surface area contributed by atoms with E-state index in [4.69, 9.17) is 4.74 Å². The van der Waals surface area contributed by atoms with Gasteiger partial charge in [0.15, 0.2) is 0 Å². The summed E-state index contributed by atoms with van der Waals surface area (Å²) >= 11 is 0. The van der Waals surface area contributed by atoms with Gasteiger partial charge in [-0.1, -0.05) is 6.07 Å². The van der Waals surface area contributed by atoms with Gasteiger partial charge in [0, 0.05) is 11.9 Å². The SMILES string of the molecule is Cc1ccc(Cc2cc3c(cc2C)OCCNC3=O)cn1. The van der Waals surface area contributed by atoms with Crippen molar-refractivity contribution in [2.45, 2.75) is 20.3 Å². The maximum absolute atomic E-state index is 12.1. The molecular weight excluding hydrogens is 264 g/mol. The molecule has 1 amide bonds. The van der Waals surface area contributed by atoms with Gasteiger partial charge in [0.05, 0.1) is 12.1 Å². The summed E-state index contributed by atoms with van der Waals surface area (Å²) in [6, 6.07) is 7.97. The molecule has 4 heteroatoms. The minimum absolute atomic E-state index is 0.0641. The highest BCUT2D eigenvalue weighted by Crippen LogP contribution is 2.26. The summed E-state index contributed by atoms with van der Waals surface area (Å²) < 4.78 is 5.62. The van der Waals surface area contributed by atoms with E-state index in [1.165, 1.54) is 0 Å². The molecule has 0 spiro atoms. The van der Waals surface area contributed by atoms with E-state index in [0.717, 1.165) is 28.8 Å². The van der Waals surface area contributed by atoms with Crippen LogP contribution in [0.15, 0.2) is 30.5 Å². The van der Waals surface area contributed by atoms with Gasteiger partial charge in [-0.15, -0.1) is 0 Å². The third-order valence-corrected chi connectivity index (χ3v) is 3.70. The molecule has 1 aliphatic heterocycles. The normalized spacial score (nSPS) is 13.9. The van der Waals surface area contributed by atoms with Gasteiger partial charge < -0.3 is 10.1 Å². The van der Waals surface area contributed by atoms with E-state index in [1.54, 1.807) is 0 Å². The number of amides is 1. The molecule has 108 valence electrons. The highest BCUT2D eigenvalue weighted by atomic mass is 16.5. The molecule has 1 aromatic heterocycles. The predicted molar refractivity (Wildman–Crippen MR) is 80.8 cm³/mol. The Balaban J connectivity index is 1.95. The van der Waals surface area contributed by atoms with E-state index in [-0.39, 0.29) is 5.91 Å². The fraction of sp³-hybridized carbons (Fsp3) is 0.294. The molecule has 3 rings (SSSR count). The zero-order chi connectivity index (χ0) is 14.8. The van der Waals surface area contributed by atoms with Crippen LogP contribution in [0.2, 0.25) is 0 Å². The van der Waals surface area contributed by atoms with E-state index in [2.05, 4.69) is 16.4 Å². The first kappa shape index (κ1) is 13.6. The summed E-state index contributed by atoms with van der Waals surface area (Å²) in [7, 11) is 0. The van der Waals surface area contributed by atoms with E-state index >= 15 is 0 Å². The average Bonchev–Trinajstić information content (AvgIpc) is 2.64. The number of rotatable bonds is 2. The lowest BCUT2D eigenvalue weighted by Crippen LogP contribution is -2.24. The van der Waals surface area contributed by atoms with Gasteiger partial charge in [0.25, 0.3) is 5.91 Å². The van der Waals surface area contributed by atoms with Gasteiger partial charge in [0.1, 0.15) is 12.4 Å². The van der Waals surface area contributed by atoms with Crippen LogP contribution in [0, 0.1) is 13.8 Å². The first-order valence-electron chi connectivity index (χ1n) is 7.09. The number of pyridine rings is 1. The van der Waals surface area contributed by atoms with Crippen LogP contribution >= 0.6 is 0 Å². The predicted octanol–water partition coefficient (Wildman–Crippen LogP) is 2.41. The van der Waals surface area contributed by atoms with Crippen molar-refractivity contribution in [1.29, 1.82) is 0 Å². The molecular formula is C17H18N2O2. The fourth-order valence-electron chi connectivity index (χ4n) is 2.46. The highest BCUT2D eigenvalue weighted by Gasteiger charge is 2.18. The number of benzene rings is 1. The van der Waals surface area contributed by atoms with Gasteiger partial charge in [-0.2, -0.15) is 0 Å². The first-order chi connectivity index (χ1) is 10.1. The third kappa shape index (κ3) is 2.89. The Morgan fingerprint density at radius 2 is 2.14 bits per heavy atom. The second-order valence-corrected chi connectivity index (χ2v) is 5.36. The van der Waals surface area contributed by atoms with Crippen LogP contribution in [0.5, 0.6) is 5.75 Å². The standard InChI is InChI=1S/C17H18N2O2/c1-11-7-16-15(17(20)18-5-6-21-16)9-14(11)8-13-4-3-12(2)19-10-13/h3-4,7,9-10H,5-6,8H2,1-2H3,(H,18,20). The largest absolute Gasteiger partial charge is 0.491 e. The molecule has 1 N–H and O–H groups in total. The van der Waals surface area contributed by atoms with Crippen molar-refractivity contribution in [3.05, 3.63) is 58.4 Å². The first-order valence-corrected chi connectivity index (χ1v) is 7.09. The van der Waals surface area contributed by atoms with Crippen molar-refractivity contribution in [1.82, 2.24) is 10.3 Å². The quantitative estimate of drug-likeness (QED) is 0.920. The van der Waals surface area contributed by atoms with Crippen LogP contribution in [-0.4, -0.2) is 24.0 Å². The Hall–Kier alpha value is -2.36. The molecule has 21 heavy (non-hydrogen) atoms. The molecule has 2 heterocycles. The molecule has 4 nitrogen and oxygen atoms in total. The fourth-order valence-corrected chi connectivity index (χ4v) is 2.46. The summed E-state index contributed by atoms with van der Waals surface area (Å²) in [6.07, 6.45) is 2.65. The maximum Gasteiger partial charge on any atom is 0.255 e. The van der Waals surface area contributed by atoms with Crippen LogP contribution in [0.25, 0.3) is 0 Å². The van der Waals surface area contributed by atoms with Crippen LogP contribution in [-0.2, 0) is 6.42 Å². The van der Waals surface area contributed by atoms with Gasteiger partial charge in [-0.05, 0) is 55.2 Å². The topological polar surface area (TPSA) is 51.2 Å². The number of ether oxygens (including phenoxy) is 1. The molecule has 0 saturated carbocycles. The number of nitrogens with one attached hydrogen (secondary N) is 1. The van der Waals surface area contributed by atoms with Crippen LogP contribution in [0.1, 0.15) is 32.7 Å². The maximum atomic E-state index is 12.1. The summed E-state index contributed by atoms with van der Waals surface area (Å²) in [5, 5.41) is 2.84. The molecule has 0 radical (unpaired) electrons. The van der Waals surface area contributed by atoms with E-state index in [1.807, 2.05) is 38.2 Å². The number of carbonyl (C=O) groups excluding carboxylic acids is 1. The molecule has 1 aromatic carbocycles. The van der Waals surface area contributed by atoms with Crippen molar-refractivity contribution >= 4 is 5.91 Å². The zero-order valence-corrected chi connectivity index (χ0v) is 12.3. The molecule has 0 aliphatic carbocycles. The number of fused-ring (bicyclic) bond motifs is 1. The lowest BCUT2D eigenvalue weighted by atomic mass is 9.98. The Morgan fingerprint density at radius 1 is 1.29 bits per heavy atom. The van der Waals surface area contributed by atoms with Crippen LogP contribution in [0.3, 0.4) is 0 Å². The number of hydrogen-bond acceptors (Lipinski definition) is 3. The molecule has 2 aromatic rings. The van der Waals surface area contributed by atoms with Crippen molar-refractivity contribution in [2.75, 3.05) is 13.2 Å². The molecule has 0 bridgehead atoms. The molecule has 1 aliphatic rings. The summed E-state index contributed by atoms with van der Waals surface area (Å²) in [5.41, 5.74) is 5.01. The Morgan fingerprint density at radius 3 is 2.90 bits per heavy atom. The second-order valence-electron chi connectivity index (χ2n) is 5.36. The van der Waals surface area contributed by atoms with Gasteiger partial charge in [-0.3, -0.25) is 9.78 Å². The van der Waals surface area contributed by atoms with Crippen LogP contribution in [0.4, 0.5) is 0 Å². The lowest BCUT2D eigenvalue weighted by molar-refractivity contribution is 0.0957. The highest BCUT2D eigenvalue weighted by molar-refractivity contribution is 5.97. The van der Waals surface area contributed by atoms with E-state index < -0.39 is 0 Å². The van der Waals surface area contributed by atoms with Gasteiger partial charge in [0.2, 0.25) is 0 Å². The minimum atomic E-state index is -0.0641. The average molecular weight is 282 g/mol. The smallest absolute Gasteiger partial charge is 0.255 e. The number of nitrogens with zero attached hydrogens (tertiary/aromatic N) is 1. The van der Waals surface area contributed by atoms with Crippen molar-refractivity contribution < 1.29 is 9.53 Å². The van der Waals surface area contributed by atoms with Gasteiger partial charge >= 0.3 is 0 Å². The van der Waals surface area contributed by atoms with Crippen molar-refractivity contribution in [2.24, 2.45) is 0 Å². The third-order valence-electron chi connectivity index (χ3n) is 3.70. The number of carbonyl (C=O) groups is 1. The number of hydrogen-bond donors (Lipinski definition) is 1. The summed E-state index contributed by atoms with van der Waals surface area (Å²) in [4.78, 5) is 16.4. The zero-order valence-electron chi connectivity index (χ0n) is 12.3. The molecule has 0 saturated heterocycles. The van der Waals surface area contributed by atoms with Crippen LogP contribution < -0.4 is 10.1 Å². The van der Waals surface area contributed by atoms with E-state index in [9.17, 15) is 4.79 Å². The Kier molecular flexibility index (Phi) is 3.60. The van der Waals surface area contributed by atoms with Crippen molar-refractivity contribution in [3.63, 3.8) is 0 Å². The number of aromatic nitrogens is 1. The lowest BCUT2D eigenvalue weighted by Gasteiger charge is -2.12. The molecule has 0 unspecified atom stereocenters. The second kappa shape index (κ2) is 5.56. The summed E-state index contributed by atoms with van der Waals surface area (Å²) in [5.74, 6) is 0.610. The van der Waals surface area contributed by atoms with E-state index in [0.29, 0.717) is 24.5 Å². The Labute approximate surface area is 124 Å². The Bertz CT molecular complexity index is 678.